The second-order valence-corrected chi connectivity index (χ2v) is 5.71. The minimum absolute atomic E-state index is 0.126. The number of carbonyl (C=O) groups is 2. The number of ether oxygens (including phenoxy) is 1. The minimum atomic E-state index is -1.01. The molecular weight excluding hydrogens is 256 g/mol. The fourth-order valence-electron chi connectivity index (χ4n) is 2.07. The summed E-state index contributed by atoms with van der Waals surface area (Å²) in [7, 11) is 0. The summed E-state index contributed by atoms with van der Waals surface area (Å²) in [5.74, 6) is 1.80. The molecule has 0 aliphatic carbocycles. The molecule has 0 aromatic carbocycles. The lowest BCUT2D eigenvalue weighted by Crippen LogP contribution is -2.52. The number of thioether (sulfide) groups is 1. The van der Waals surface area contributed by atoms with Crippen molar-refractivity contribution in [2.75, 3.05) is 37.7 Å². The molecule has 2 aliphatic heterocycles. The summed E-state index contributed by atoms with van der Waals surface area (Å²) in [4.78, 5) is 24.2. The lowest BCUT2D eigenvalue weighted by molar-refractivity contribution is -0.154. The van der Waals surface area contributed by atoms with Crippen LogP contribution in [-0.4, -0.2) is 65.9 Å². The Balaban J connectivity index is 1.75. The number of nitrogens with one attached hydrogen (secondary N) is 1. The first-order valence-electron chi connectivity index (χ1n) is 6.11. The summed E-state index contributed by atoms with van der Waals surface area (Å²) in [6.45, 7) is 1.54. The minimum Gasteiger partial charge on any atom is -0.479 e. The van der Waals surface area contributed by atoms with Crippen molar-refractivity contribution in [1.29, 1.82) is 0 Å². The average molecular weight is 274 g/mol. The summed E-state index contributed by atoms with van der Waals surface area (Å²) in [6, 6.07) is -0.179. The maximum absolute atomic E-state index is 11.9. The molecule has 0 spiro atoms. The van der Waals surface area contributed by atoms with E-state index in [0.717, 1.165) is 12.2 Å². The maximum atomic E-state index is 11.9. The van der Waals surface area contributed by atoms with Gasteiger partial charge in [0.15, 0.2) is 6.10 Å². The van der Waals surface area contributed by atoms with Gasteiger partial charge >= 0.3 is 12.0 Å². The number of urea groups is 1. The van der Waals surface area contributed by atoms with Crippen LogP contribution in [0.25, 0.3) is 0 Å². The first-order valence-corrected chi connectivity index (χ1v) is 7.27. The van der Waals surface area contributed by atoms with E-state index in [1.807, 2.05) is 11.8 Å². The van der Waals surface area contributed by atoms with Gasteiger partial charge in [-0.1, -0.05) is 0 Å². The van der Waals surface area contributed by atoms with Crippen molar-refractivity contribution in [2.24, 2.45) is 5.92 Å². The molecule has 6 nitrogen and oxygen atoms in total. The molecule has 2 heterocycles. The molecule has 0 radical (unpaired) electrons. The third-order valence-corrected chi connectivity index (χ3v) is 4.43. The van der Waals surface area contributed by atoms with E-state index in [-0.39, 0.29) is 19.2 Å². The summed E-state index contributed by atoms with van der Waals surface area (Å²) in [6.07, 6.45) is 0.248. The summed E-state index contributed by atoms with van der Waals surface area (Å²) >= 11 is 1.91. The van der Waals surface area contributed by atoms with Crippen molar-refractivity contribution in [2.45, 2.75) is 12.5 Å². The quantitative estimate of drug-likeness (QED) is 0.770. The highest BCUT2D eigenvalue weighted by molar-refractivity contribution is 7.99. The molecule has 2 rings (SSSR count). The Kier molecular flexibility index (Phi) is 4.71. The van der Waals surface area contributed by atoms with Crippen molar-refractivity contribution in [1.82, 2.24) is 10.2 Å². The van der Waals surface area contributed by atoms with Gasteiger partial charge in [0.05, 0.1) is 13.2 Å². The number of carbonyl (C=O) groups excluding carboxylic acids is 1. The molecule has 102 valence electrons. The van der Waals surface area contributed by atoms with Crippen molar-refractivity contribution in [3.05, 3.63) is 0 Å². The molecule has 18 heavy (non-hydrogen) atoms. The van der Waals surface area contributed by atoms with E-state index in [1.54, 1.807) is 0 Å². The molecule has 2 saturated heterocycles. The Hall–Kier alpha value is -0.950. The van der Waals surface area contributed by atoms with Crippen LogP contribution in [0.4, 0.5) is 4.79 Å². The van der Waals surface area contributed by atoms with Gasteiger partial charge in [-0.05, 0) is 23.8 Å². The van der Waals surface area contributed by atoms with Gasteiger partial charge in [0.25, 0.3) is 0 Å². The van der Waals surface area contributed by atoms with Crippen molar-refractivity contribution < 1.29 is 19.4 Å². The molecule has 2 fully saturated rings. The predicted molar refractivity (Wildman–Crippen MR) is 67.8 cm³/mol. The van der Waals surface area contributed by atoms with Crippen LogP contribution in [0.3, 0.4) is 0 Å². The highest BCUT2D eigenvalue weighted by Gasteiger charge is 2.29. The lowest BCUT2D eigenvalue weighted by atomic mass is 10.1. The van der Waals surface area contributed by atoms with Crippen molar-refractivity contribution in [3.8, 4) is 0 Å². The zero-order valence-corrected chi connectivity index (χ0v) is 10.9. The van der Waals surface area contributed by atoms with Crippen LogP contribution < -0.4 is 5.32 Å². The summed E-state index contributed by atoms with van der Waals surface area (Å²) < 4.78 is 5.07. The fraction of sp³-hybridized carbons (Fsp3) is 0.818. The highest BCUT2D eigenvalue weighted by atomic mass is 32.2. The van der Waals surface area contributed by atoms with Gasteiger partial charge in [0.2, 0.25) is 0 Å². The Bertz CT molecular complexity index is 320. The van der Waals surface area contributed by atoms with E-state index < -0.39 is 12.1 Å². The molecule has 2 amide bonds. The Labute approximate surface area is 110 Å². The average Bonchev–Trinajstić information content (AvgIpc) is 2.89. The number of hydrogen-bond donors (Lipinski definition) is 2. The molecule has 0 aromatic heterocycles. The largest absolute Gasteiger partial charge is 0.479 e. The van der Waals surface area contributed by atoms with E-state index in [9.17, 15) is 9.59 Å². The molecule has 2 aliphatic rings. The highest BCUT2D eigenvalue weighted by Crippen LogP contribution is 2.22. The van der Waals surface area contributed by atoms with E-state index in [0.29, 0.717) is 19.0 Å². The van der Waals surface area contributed by atoms with E-state index in [1.165, 1.54) is 10.7 Å². The SMILES string of the molecule is O=C(O)C1CN(C(=O)NCC2CCSC2)CCO1. The monoisotopic (exact) mass is 274 g/mol. The summed E-state index contributed by atoms with van der Waals surface area (Å²) in [5, 5.41) is 11.7. The number of carboxylic acids is 1. The number of amides is 2. The molecule has 7 heteroatoms. The van der Waals surface area contributed by atoms with E-state index in [2.05, 4.69) is 5.32 Å². The van der Waals surface area contributed by atoms with Crippen LogP contribution in [-0.2, 0) is 9.53 Å². The van der Waals surface area contributed by atoms with Crippen LogP contribution in [0.2, 0.25) is 0 Å². The zero-order valence-electron chi connectivity index (χ0n) is 10.1. The number of morpholine rings is 1. The van der Waals surface area contributed by atoms with E-state index in [4.69, 9.17) is 9.84 Å². The van der Waals surface area contributed by atoms with Crippen LogP contribution >= 0.6 is 11.8 Å². The standard InChI is InChI=1S/C11H18N2O4S/c14-10(15)9-6-13(2-3-17-9)11(16)12-5-8-1-4-18-7-8/h8-9H,1-7H2,(H,12,16)(H,14,15). The lowest BCUT2D eigenvalue weighted by Gasteiger charge is -2.31. The molecule has 2 atom stereocenters. The third kappa shape index (κ3) is 3.52. The second kappa shape index (κ2) is 6.29. The van der Waals surface area contributed by atoms with Crippen LogP contribution in [0, 0.1) is 5.92 Å². The smallest absolute Gasteiger partial charge is 0.334 e. The molecule has 2 N–H and O–H groups in total. The Morgan fingerprint density at radius 3 is 3.00 bits per heavy atom. The van der Waals surface area contributed by atoms with Crippen LogP contribution in [0.5, 0.6) is 0 Å². The van der Waals surface area contributed by atoms with Gasteiger partial charge < -0.3 is 20.1 Å². The fourth-order valence-corrected chi connectivity index (χ4v) is 3.36. The van der Waals surface area contributed by atoms with Crippen LogP contribution in [0.1, 0.15) is 6.42 Å². The maximum Gasteiger partial charge on any atom is 0.334 e. The van der Waals surface area contributed by atoms with E-state index >= 15 is 0 Å². The van der Waals surface area contributed by atoms with Gasteiger partial charge in [-0.2, -0.15) is 11.8 Å². The van der Waals surface area contributed by atoms with Crippen LogP contribution in [0.15, 0.2) is 0 Å². The topological polar surface area (TPSA) is 78.9 Å². The Morgan fingerprint density at radius 1 is 1.50 bits per heavy atom. The number of hydrogen-bond acceptors (Lipinski definition) is 4. The van der Waals surface area contributed by atoms with Gasteiger partial charge in [-0.25, -0.2) is 9.59 Å². The normalized spacial score (nSPS) is 28.1. The van der Waals surface area contributed by atoms with Crippen molar-refractivity contribution >= 4 is 23.8 Å². The molecule has 0 bridgehead atoms. The summed E-state index contributed by atoms with van der Waals surface area (Å²) in [5.41, 5.74) is 0. The Morgan fingerprint density at radius 2 is 2.33 bits per heavy atom. The number of aliphatic carboxylic acids is 1. The molecule has 0 saturated carbocycles. The number of nitrogens with zero attached hydrogens (tertiary/aromatic N) is 1. The van der Waals surface area contributed by atoms with Gasteiger partial charge in [-0.3, -0.25) is 0 Å². The van der Waals surface area contributed by atoms with Gasteiger partial charge in [0.1, 0.15) is 0 Å². The molecular formula is C11H18N2O4S. The number of carboxylic acid groups (broad SMARTS) is 1. The molecule has 0 aromatic rings. The van der Waals surface area contributed by atoms with Gasteiger partial charge in [-0.15, -0.1) is 0 Å². The first-order chi connectivity index (χ1) is 8.66. The molecule has 2 unspecified atom stereocenters. The predicted octanol–water partition coefficient (Wildman–Crippen LogP) is 0.235. The zero-order chi connectivity index (χ0) is 13.0. The number of rotatable bonds is 3. The van der Waals surface area contributed by atoms with Crippen molar-refractivity contribution in [3.63, 3.8) is 0 Å². The second-order valence-electron chi connectivity index (χ2n) is 4.56. The van der Waals surface area contributed by atoms with Gasteiger partial charge in [0, 0.05) is 13.1 Å². The first kappa shape index (κ1) is 13.5. The third-order valence-electron chi connectivity index (χ3n) is 3.20.